The Morgan fingerprint density at radius 2 is 1.86 bits per heavy atom. The van der Waals surface area contributed by atoms with Gasteiger partial charge in [-0.3, -0.25) is 0 Å². The van der Waals surface area contributed by atoms with Crippen LogP contribution in [0, 0.1) is 6.92 Å². The molecule has 1 aromatic heterocycles. The SMILES string of the molecule is COc1cc(C)cc(OC)c1OCCNCc1cccs1. The first-order chi connectivity index (χ1) is 10.2. The standard InChI is InChI=1S/C16H21NO3S/c1-12-9-14(18-2)16(15(10-12)19-3)20-7-6-17-11-13-5-4-8-21-13/h4-5,8-10,17H,6-7,11H2,1-3H3. The summed E-state index contributed by atoms with van der Waals surface area (Å²) in [4.78, 5) is 1.32. The predicted molar refractivity (Wildman–Crippen MR) is 85.8 cm³/mol. The molecule has 0 fully saturated rings. The Bertz CT molecular complexity index is 530. The van der Waals surface area contributed by atoms with Gasteiger partial charge >= 0.3 is 0 Å². The lowest BCUT2D eigenvalue weighted by molar-refractivity contribution is 0.273. The molecule has 5 heteroatoms. The summed E-state index contributed by atoms with van der Waals surface area (Å²) in [6, 6.07) is 8.05. The van der Waals surface area contributed by atoms with Crippen LogP contribution in [-0.4, -0.2) is 27.4 Å². The summed E-state index contributed by atoms with van der Waals surface area (Å²) in [5.41, 5.74) is 1.08. The quantitative estimate of drug-likeness (QED) is 0.760. The Balaban J connectivity index is 1.87. The normalized spacial score (nSPS) is 10.4. The van der Waals surface area contributed by atoms with Crippen LogP contribution >= 0.6 is 11.3 Å². The summed E-state index contributed by atoms with van der Waals surface area (Å²) in [6.07, 6.45) is 0. The zero-order valence-electron chi connectivity index (χ0n) is 12.6. The first-order valence-electron chi connectivity index (χ1n) is 6.83. The van der Waals surface area contributed by atoms with Crippen LogP contribution in [0.5, 0.6) is 17.2 Å². The van der Waals surface area contributed by atoms with Crippen molar-refractivity contribution >= 4 is 11.3 Å². The third kappa shape index (κ3) is 4.37. The minimum Gasteiger partial charge on any atom is -0.493 e. The number of nitrogens with one attached hydrogen (secondary N) is 1. The van der Waals surface area contributed by atoms with Crippen molar-refractivity contribution in [1.29, 1.82) is 0 Å². The number of methoxy groups -OCH3 is 2. The van der Waals surface area contributed by atoms with E-state index in [0.29, 0.717) is 23.9 Å². The van der Waals surface area contributed by atoms with Crippen LogP contribution in [0.3, 0.4) is 0 Å². The van der Waals surface area contributed by atoms with Gasteiger partial charge in [-0.05, 0) is 36.1 Å². The summed E-state index contributed by atoms with van der Waals surface area (Å²) in [6.45, 7) is 4.18. The molecule has 0 saturated heterocycles. The lowest BCUT2D eigenvalue weighted by Gasteiger charge is -2.15. The maximum Gasteiger partial charge on any atom is 0.203 e. The van der Waals surface area contributed by atoms with Crippen molar-refractivity contribution in [2.24, 2.45) is 0 Å². The maximum atomic E-state index is 5.82. The third-order valence-corrected chi connectivity index (χ3v) is 3.89. The summed E-state index contributed by atoms with van der Waals surface area (Å²) in [5.74, 6) is 2.05. The topological polar surface area (TPSA) is 39.7 Å². The number of rotatable bonds is 8. The number of thiophene rings is 1. The van der Waals surface area contributed by atoms with Crippen LogP contribution in [0.4, 0.5) is 0 Å². The van der Waals surface area contributed by atoms with E-state index in [0.717, 1.165) is 18.7 Å². The molecule has 0 radical (unpaired) electrons. The fourth-order valence-corrected chi connectivity index (χ4v) is 2.68. The van der Waals surface area contributed by atoms with Gasteiger partial charge in [0.05, 0.1) is 14.2 Å². The second-order valence-electron chi connectivity index (χ2n) is 4.60. The molecule has 0 bridgehead atoms. The molecule has 0 atom stereocenters. The minimum absolute atomic E-state index is 0.557. The smallest absolute Gasteiger partial charge is 0.203 e. The van der Waals surface area contributed by atoms with Crippen molar-refractivity contribution in [1.82, 2.24) is 5.32 Å². The minimum atomic E-state index is 0.557. The van der Waals surface area contributed by atoms with Crippen LogP contribution in [0.15, 0.2) is 29.6 Å². The van der Waals surface area contributed by atoms with E-state index in [-0.39, 0.29) is 0 Å². The Hall–Kier alpha value is -1.72. The zero-order chi connectivity index (χ0) is 15.1. The summed E-state index contributed by atoms with van der Waals surface area (Å²) < 4.78 is 16.5. The van der Waals surface area contributed by atoms with E-state index in [1.807, 2.05) is 19.1 Å². The van der Waals surface area contributed by atoms with Gasteiger partial charge in [0, 0.05) is 18.0 Å². The summed E-state index contributed by atoms with van der Waals surface area (Å²) in [5, 5.41) is 5.43. The second kappa shape index (κ2) is 7.90. The molecule has 114 valence electrons. The molecule has 0 aliphatic heterocycles. The predicted octanol–water partition coefficient (Wildman–Crippen LogP) is 3.24. The van der Waals surface area contributed by atoms with E-state index in [2.05, 4.69) is 22.8 Å². The highest BCUT2D eigenvalue weighted by molar-refractivity contribution is 7.09. The molecule has 0 amide bonds. The van der Waals surface area contributed by atoms with Crippen molar-refractivity contribution in [2.45, 2.75) is 13.5 Å². The summed E-state index contributed by atoms with van der Waals surface area (Å²) >= 11 is 1.75. The molecule has 1 heterocycles. The van der Waals surface area contributed by atoms with E-state index in [1.54, 1.807) is 25.6 Å². The van der Waals surface area contributed by atoms with Crippen LogP contribution in [-0.2, 0) is 6.54 Å². The van der Waals surface area contributed by atoms with E-state index in [4.69, 9.17) is 14.2 Å². The van der Waals surface area contributed by atoms with Crippen molar-refractivity contribution in [3.05, 3.63) is 40.1 Å². The third-order valence-electron chi connectivity index (χ3n) is 3.01. The second-order valence-corrected chi connectivity index (χ2v) is 5.64. The highest BCUT2D eigenvalue weighted by Crippen LogP contribution is 2.38. The molecule has 0 saturated carbocycles. The van der Waals surface area contributed by atoms with Gasteiger partial charge in [-0.2, -0.15) is 0 Å². The monoisotopic (exact) mass is 307 g/mol. The van der Waals surface area contributed by atoms with Gasteiger partial charge in [0.15, 0.2) is 11.5 Å². The molecular weight excluding hydrogens is 286 g/mol. The van der Waals surface area contributed by atoms with Crippen molar-refractivity contribution in [3.63, 3.8) is 0 Å². The van der Waals surface area contributed by atoms with Gasteiger partial charge in [0.1, 0.15) is 6.61 Å². The molecule has 1 N–H and O–H groups in total. The fourth-order valence-electron chi connectivity index (χ4n) is 2.00. The first-order valence-corrected chi connectivity index (χ1v) is 7.71. The summed E-state index contributed by atoms with van der Waals surface area (Å²) in [7, 11) is 3.27. The number of hydrogen-bond donors (Lipinski definition) is 1. The van der Waals surface area contributed by atoms with Crippen molar-refractivity contribution in [3.8, 4) is 17.2 Å². The molecule has 0 aliphatic rings. The van der Waals surface area contributed by atoms with Crippen LogP contribution in [0.1, 0.15) is 10.4 Å². The van der Waals surface area contributed by atoms with E-state index < -0.39 is 0 Å². The van der Waals surface area contributed by atoms with Gasteiger partial charge < -0.3 is 19.5 Å². The molecule has 1 aromatic carbocycles. The molecule has 0 aliphatic carbocycles. The van der Waals surface area contributed by atoms with Gasteiger partial charge in [-0.1, -0.05) is 6.07 Å². The number of ether oxygens (including phenoxy) is 3. The lowest BCUT2D eigenvalue weighted by Crippen LogP contribution is -2.20. The maximum absolute atomic E-state index is 5.82. The number of aryl methyl sites for hydroxylation is 1. The average molecular weight is 307 g/mol. The molecular formula is C16H21NO3S. The highest BCUT2D eigenvalue weighted by Gasteiger charge is 2.12. The van der Waals surface area contributed by atoms with Crippen molar-refractivity contribution in [2.75, 3.05) is 27.4 Å². The van der Waals surface area contributed by atoms with Crippen LogP contribution < -0.4 is 19.5 Å². The highest BCUT2D eigenvalue weighted by atomic mass is 32.1. The lowest BCUT2D eigenvalue weighted by atomic mass is 10.2. The molecule has 0 spiro atoms. The van der Waals surface area contributed by atoms with E-state index in [1.165, 1.54) is 4.88 Å². The number of benzene rings is 1. The van der Waals surface area contributed by atoms with Gasteiger partial charge in [-0.25, -0.2) is 0 Å². The molecule has 0 unspecified atom stereocenters. The van der Waals surface area contributed by atoms with Gasteiger partial charge in [-0.15, -0.1) is 11.3 Å². The Kier molecular flexibility index (Phi) is 5.90. The molecule has 2 rings (SSSR count). The van der Waals surface area contributed by atoms with E-state index >= 15 is 0 Å². The van der Waals surface area contributed by atoms with Crippen LogP contribution in [0.2, 0.25) is 0 Å². The van der Waals surface area contributed by atoms with Crippen LogP contribution in [0.25, 0.3) is 0 Å². The van der Waals surface area contributed by atoms with Crippen molar-refractivity contribution < 1.29 is 14.2 Å². The first kappa shape index (κ1) is 15.7. The molecule has 2 aromatic rings. The Morgan fingerprint density at radius 3 is 2.43 bits per heavy atom. The molecule has 4 nitrogen and oxygen atoms in total. The fraction of sp³-hybridized carbons (Fsp3) is 0.375. The Labute approximate surface area is 129 Å². The largest absolute Gasteiger partial charge is 0.493 e. The zero-order valence-corrected chi connectivity index (χ0v) is 13.5. The average Bonchev–Trinajstić information content (AvgIpc) is 3.00. The molecule has 21 heavy (non-hydrogen) atoms. The number of hydrogen-bond acceptors (Lipinski definition) is 5. The van der Waals surface area contributed by atoms with Gasteiger partial charge in [0.25, 0.3) is 0 Å². The Morgan fingerprint density at radius 1 is 1.14 bits per heavy atom. The van der Waals surface area contributed by atoms with Gasteiger partial charge in [0.2, 0.25) is 5.75 Å². The van der Waals surface area contributed by atoms with E-state index in [9.17, 15) is 0 Å².